The van der Waals surface area contributed by atoms with Gasteiger partial charge in [-0.2, -0.15) is 0 Å². The van der Waals surface area contributed by atoms with Gasteiger partial charge in [-0.15, -0.1) is 0 Å². The molecule has 1 aromatic heterocycles. The SMILES string of the molecule is O=C(NC(CF)C(O)c1ccc(-c2cnccn2)cc1)C(Cl)Cl. The highest BCUT2D eigenvalue weighted by atomic mass is 35.5. The predicted octanol–water partition coefficient (Wildman–Crippen LogP) is 2.44. The van der Waals surface area contributed by atoms with Gasteiger partial charge in [0.1, 0.15) is 12.8 Å². The van der Waals surface area contributed by atoms with E-state index in [0.29, 0.717) is 11.3 Å². The molecule has 0 aliphatic carbocycles. The second kappa shape index (κ2) is 8.19. The van der Waals surface area contributed by atoms with Gasteiger partial charge < -0.3 is 10.4 Å². The fourth-order valence-corrected chi connectivity index (χ4v) is 2.11. The number of alkyl halides is 3. The topological polar surface area (TPSA) is 75.1 Å². The lowest BCUT2D eigenvalue weighted by Gasteiger charge is -2.22. The summed E-state index contributed by atoms with van der Waals surface area (Å²) in [6.07, 6.45) is 3.52. The highest BCUT2D eigenvalue weighted by Crippen LogP contribution is 2.22. The zero-order chi connectivity index (χ0) is 16.8. The van der Waals surface area contributed by atoms with Crippen LogP contribution in [0.3, 0.4) is 0 Å². The van der Waals surface area contributed by atoms with Gasteiger partial charge in [0.25, 0.3) is 5.91 Å². The Labute approximate surface area is 142 Å². The van der Waals surface area contributed by atoms with E-state index in [1.165, 1.54) is 0 Å². The molecule has 5 nitrogen and oxygen atoms in total. The molecule has 1 amide bonds. The third-order valence-electron chi connectivity index (χ3n) is 3.18. The number of amides is 1. The molecule has 1 aromatic carbocycles. The monoisotopic (exact) mass is 357 g/mol. The van der Waals surface area contributed by atoms with Gasteiger partial charge in [-0.1, -0.05) is 47.5 Å². The summed E-state index contributed by atoms with van der Waals surface area (Å²) >= 11 is 10.8. The van der Waals surface area contributed by atoms with Crippen molar-refractivity contribution in [3.05, 3.63) is 48.4 Å². The van der Waals surface area contributed by atoms with E-state index in [0.717, 1.165) is 5.56 Å². The molecule has 0 saturated carbocycles. The van der Waals surface area contributed by atoms with Crippen LogP contribution in [0.5, 0.6) is 0 Å². The number of aromatic nitrogens is 2. The van der Waals surface area contributed by atoms with E-state index < -0.39 is 29.6 Å². The first-order valence-electron chi connectivity index (χ1n) is 6.72. The molecule has 0 bridgehead atoms. The second-order valence-corrected chi connectivity index (χ2v) is 5.82. The molecule has 23 heavy (non-hydrogen) atoms. The highest BCUT2D eigenvalue weighted by molar-refractivity contribution is 6.53. The number of carbonyl (C=O) groups is 1. The molecule has 2 rings (SSSR count). The van der Waals surface area contributed by atoms with Crippen molar-refractivity contribution in [2.75, 3.05) is 6.67 Å². The molecule has 0 fully saturated rings. The molecular formula is C15H14Cl2FN3O2. The third kappa shape index (κ3) is 4.60. The van der Waals surface area contributed by atoms with Crippen LogP contribution < -0.4 is 5.32 Å². The van der Waals surface area contributed by atoms with Crippen molar-refractivity contribution in [3.63, 3.8) is 0 Å². The molecule has 0 spiro atoms. The summed E-state index contributed by atoms with van der Waals surface area (Å²) in [5.74, 6) is -0.758. The number of halogens is 3. The van der Waals surface area contributed by atoms with Crippen LogP contribution in [0.25, 0.3) is 11.3 Å². The molecule has 0 radical (unpaired) electrons. The van der Waals surface area contributed by atoms with Crippen molar-refractivity contribution in [1.29, 1.82) is 0 Å². The van der Waals surface area contributed by atoms with E-state index in [1.54, 1.807) is 42.9 Å². The number of hydrogen-bond acceptors (Lipinski definition) is 4. The number of nitrogens with zero attached hydrogens (tertiary/aromatic N) is 2. The predicted molar refractivity (Wildman–Crippen MR) is 85.8 cm³/mol. The van der Waals surface area contributed by atoms with E-state index in [4.69, 9.17) is 23.2 Å². The van der Waals surface area contributed by atoms with Crippen LogP contribution in [0.2, 0.25) is 0 Å². The molecule has 8 heteroatoms. The van der Waals surface area contributed by atoms with Gasteiger partial charge in [0, 0.05) is 18.0 Å². The minimum absolute atomic E-state index is 0.446. The molecule has 122 valence electrons. The summed E-state index contributed by atoms with van der Waals surface area (Å²) in [5, 5.41) is 12.5. The lowest BCUT2D eigenvalue weighted by molar-refractivity contribution is -0.121. The third-order valence-corrected chi connectivity index (χ3v) is 3.58. The number of aliphatic hydroxyl groups is 1. The largest absolute Gasteiger partial charge is 0.386 e. The second-order valence-electron chi connectivity index (χ2n) is 4.73. The van der Waals surface area contributed by atoms with Crippen LogP contribution in [0, 0.1) is 0 Å². The van der Waals surface area contributed by atoms with E-state index in [1.807, 2.05) is 0 Å². The maximum Gasteiger partial charge on any atom is 0.253 e. The van der Waals surface area contributed by atoms with Gasteiger partial charge in [-0.25, -0.2) is 4.39 Å². The number of carbonyl (C=O) groups excluding carboxylic acids is 1. The van der Waals surface area contributed by atoms with Crippen molar-refractivity contribution < 1.29 is 14.3 Å². The minimum atomic E-state index is -1.32. The maximum atomic E-state index is 13.1. The zero-order valence-electron chi connectivity index (χ0n) is 11.9. The molecule has 0 saturated heterocycles. The standard InChI is InChI=1S/C15H14Cl2FN3O2/c16-14(17)15(23)21-11(7-18)13(22)10-3-1-9(2-4-10)12-8-19-5-6-20-12/h1-6,8,11,13-14,22H,7H2,(H,21,23). The van der Waals surface area contributed by atoms with E-state index >= 15 is 0 Å². The summed E-state index contributed by atoms with van der Waals surface area (Å²) in [6, 6.07) is 5.58. The molecule has 2 N–H and O–H groups in total. The Morgan fingerprint density at radius 3 is 2.48 bits per heavy atom. The lowest BCUT2D eigenvalue weighted by atomic mass is 10.0. The van der Waals surface area contributed by atoms with Crippen molar-refractivity contribution in [1.82, 2.24) is 15.3 Å². The van der Waals surface area contributed by atoms with E-state index in [-0.39, 0.29) is 0 Å². The summed E-state index contributed by atoms with van der Waals surface area (Å²) in [6.45, 7) is -0.959. The van der Waals surface area contributed by atoms with Crippen molar-refractivity contribution >= 4 is 29.1 Å². The van der Waals surface area contributed by atoms with E-state index in [2.05, 4.69) is 15.3 Å². The zero-order valence-corrected chi connectivity index (χ0v) is 13.4. The maximum absolute atomic E-state index is 13.1. The Kier molecular flexibility index (Phi) is 6.27. The van der Waals surface area contributed by atoms with Crippen LogP contribution in [0.4, 0.5) is 4.39 Å². The fraction of sp³-hybridized carbons (Fsp3) is 0.267. The quantitative estimate of drug-likeness (QED) is 0.778. The average Bonchev–Trinajstić information content (AvgIpc) is 2.59. The average molecular weight is 358 g/mol. The van der Waals surface area contributed by atoms with Gasteiger partial charge in [0.15, 0.2) is 4.84 Å². The van der Waals surface area contributed by atoms with Crippen molar-refractivity contribution in [2.24, 2.45) is 0 Å². The summed E-state index contributed by atoms with van der Waals surface area (Å²) in [5.41, 5.74) is 1.92. The van der Waals surface area contributed by atoms with Crippen LogP contribution in [-0.4, -0.2) is 38.5 Å². The van der Waals surface area contributed by atoms with Crippen LogP contribution in [-0.2, 0) is 4.79 Å². The smallest absolute Gasteiger partial charge is 0.253 e. The van der Waals surface area contributed by atoms with E-state index in [9.17, 15) is 14.3 Å². The molecule has 0 aliphatic heterocycles. The first kappa shape index (κ1) is 17.6. The number of hydrogen-bond donors (Lipinski definition) is 2. The molecule has 1 heterocycles. The lowest BCUT2D eigenvalue weighted by Crippen LogP contribution is -2.43. The summed E-state index contributed by atoms with van der Waals surface area (Å²) in [7, 11) is 0. The fourth-order valence-electron chi connectivity index (χ4n) is 1.98. The van der Waals surface area contributed by atoms with Gasteiger partial charge in [0.05, 0.1) is 17.9 Å². The van der Waals surface area contributed by atoms with Crippen LogP contribution in [0.1, 0.15) is 11.7 Å². The molecule has 2 aromatic rings. The number of benzene rings is 1. The Hall–Kier alpha value is -1.76. The van der Waals surface area contributed by atoms with Gasteiger partial charge >= 0.3 is 0 Å². The summed E-state index contributed by atoms with van der Waals surface area (Å²) in [4.78, 5) is 18.2. The Morgan fingerprint density at radius 2 is 1.96 bits per heavy atom. The van der Waals surface area contributed by atoms with Gasteiger partial charge in [-0.05, 0) is 5.56 Å². The molecule has 2 atom stereocenters. The molecular weight excluding hydrogens is 344 g/mol. The Bertz CT molecular complexity index is 641. The number of aliphatic hydroxyl groups excluding tert-OH is 1. The first-order valence-corrected chi connectivity index (χ1v) is 7.59. The number of nitrogens with one attached hydrogen (secondary N) is 1. The van der Waals surface area contributed by atoms with Crippen LogP contribution >= 0.6 is 23.2 Å². The van der Waals surface area contributed by atoms with Crippen LogP contribution in [0.15, 0.2) is 42.9 Å². The molecule has 2 unspecified atom stereocenters. The van der Waals surface area contributed by atoms with Crippen molar-refractivity contribution in [3.8, 4) is 11.3 Å². The van der Waals surface area contributed by atoms with Gasteiger partial charge in [-0.3, -0.25) is 14.8 Å². The number of rotatable bonds is 6. The normalized spacial score (nSPS) is 13.6. The van der Waals surface area contributed by atoms with Gasteiger partial charge in [0.2, 0.25) is 0 Å². The van der Waals surface area contributed by atoms with Crippen molar-refractivity contribution in [2.45, 2.75) is 17.0 Å². The Morgan fingerprint density at radius 1 is 1.26 bits per heavy atom. The summed E-state index contributed by atoms with van der Waals surface area (Å²) < 4.78 is 13.1. The first-order chi connectivity index (χ1) is 11.0. The highest BCUT2D eigenvalue weighted by Gasteiger charge is 2.25. The Balaban J connectivity index is 2.12. The minimum Gasteiger partial charge on any atom is -0.386 e. The molecule has 0 aliphatic rings.